The number of anilines is 1. The van der Waals surface area contributed by atoms with Crippen LogP contribution in [-0.4, -0.2) is 28.5 Å². The van der Waals surface area contributed by atoms with E-state index in [1.807, 2.05) is 0 Å². The van der Waals surface area contributed by atoms with Crippen molar-refractivity contribution >= 4 is 28.9 Å². The first-order valence-corrected chi connectivity index (χ1v) is 12.4. The van der Waals surface area contributed by atoms with Gasteiger partial charge in [-0.05, 0) is 66.4 Å². The number of hydrogen-bond acceptors (Lipinski definition) is 2. The van der Waals surface area contributed by atoms with E-state index in [0.29, 0.717) is 37.1 Å². The number of rotatable bonds is 4. The minimum atomic E-state index is -5.06. The third kappa shape index (κ3) is 7.58. The zero-order valence-electron chi connectivity index (χ0n) is 21.5. The molecule has 0 saturated carbocycles. The van der Waals surface area contributed by atoms with Crippen LogP contribution in [0.1, 0.15) is 61.9 Å². The van der Waals surface area contributed by atoms with Crippen LogP contribution in [0.3, 0.4) is 0 Å². The van der Waals surface area contributed by atoms with Crippen LogP contribution in [0.25, 0.3) is 0 Å². The average molecular weight is 600 g/mol. The van der Waals surface area contributed by atoms with Gasteiger partial charge in [0.05, 0.1) is 22.7 Å². The maximum absolute atomic E-state index is 13.7. The van der Waals surface area contributed by atoms with Crippen LogP contribution in [0.15, 0.2) is 42.5 Å². The van der Waals surface area contributed by atoms with Gasteiger partial charge in [0.1, 0.15) is 6.04 Å². The number of benzene rings is 2. The van der Waals surface area contributed by atoms with Crippen LogP contribution in [0.5, 0.6) is 0 Å². The molecule has 220 valence electrons. The Morgan fingerprint density at radius 3 is 1.80 bits per heavy atom. The number of carbonyl (C=O) groups excluding carboxylic acids is 1. The number of carbonyl (C=O) groups is 1. The topological polar surface area (TPSA) is 44.4 Å². The van der Waals surface area contributed by atoms with Crippen LogP contribution < -0.4 is 10.6 Å². The Bertz CT molecular complexity index is 1200. The molecule has 0 unspecified atom stereocenters. The van der Waals surface area contributed by atoms with Crippen molar-refractivity contribution in [2.45, 2.75) is 64.2 Å². The van der Waals surface area contributed by atoms with Gasteiger partial charge in [0, 0.05) is 12.2 Å². The maximum Gasteiger partial charge on any atom is 0.416 e. The number of thiocarbonyl (C=S) groups is 1. The minimum absolute atomic E-state index is 0.0160. The van der Waals surface area contributed by atoms with Gasteiger partial charge in [-0.15, -0.1) is 0 Å². The van der Waals surface area contributed by atoms with Crippen LogP contribution in [0, 0.1) is 5.41 Å². The summed E-state index contributed by atoms with van der Waals surface area (Å²) in [6.45, 7) is 5.34. The summed E-state index contributed by atoms with van der Waals surface area (Å²) in [5.41, 5.74) is -4.82. The molecule has 0 bridgehead atoms. The Kier molecular flexibility index (Phi) is 8.74. The van der Waals surface area contributed by atoms with Crippen molar-refractivity contribution in [1.29, 1.82) is 0 Å². The molecule has 4 nitrogen and oxygen atoms in total. The van der Waals surface area contributed by atoms with Crippen molar-refractivity contribution in [3.8, 4) is 0 Å². The number of likely N-dealkylation sites (tertiary alicyclic amines) is 1. The van der Waals surface area contributed by atoms with Gasteiger partial charge in [0.2, 0.25) is 5.91 Å². The molecule has 0 spiro atoms. The van der Waals surface area contributed by atoms with Gasteiger partial charge in [-0.25, -0.2) is 0 Å². The van der Waals surface area contributed by atoms with E-state index >= 15 is 0 Å². The molecule has 1 heterocycles. The fourth-order valence-corrected chi connectivity index (χ4v) is 4.65. The first-order chi connectivity index (χ1) is 18.2. The van der Waals surface area contributed by atoms with Gasteiger partial charge < -0.3 is 15.5 Å². The summed E-state index contributed by atoms with van der Waals surface area (Å²) in [6, 6.07) is 3.79. The molecule has 3 rings (SSSR count). The van der Waals surface area contributed by atoms with Gasteiger partial charge in [-0.2, -0.15) is 39.5 Å². The fourth-order valence-electron chi connectivity index (χ4n) is 4.41. The second kappa shape index (κ2) is 11.1. The highest BCUT2D eigenvalue weighted by atomic mass is 32.1. The molecule has 1 aliphatic rings. The number of nitrogens with one attached hydrogen (secondary N) is 2. The summed E-state index contributed by atoms with van der Waals surface area (Å²) in [5, 5.41) is 4.66. The van der Waals surface area contributed by atoms with Gasteiger partial charge in [-0.3, -0.25) is 4.79 Å². The molecular formula is C26H26F9N3OS. The molecule has 40 heavy (non-hydrogen) atoms. The average Bonchev–Trinajstić information content (AvgIpc) is 3.29. The fraction of sp³-hybridized carbons (Fsp3) is 0.462. The molecule has 2 aromatic rings. The number of halogens is 9. The molecule has 1 saturated heterocycles. The normalized spacial score (nSPS) is 17.5. The summed E-state index contributed by atoms with van der Waals surface area (Å²) in [5.74, 6) is -0.473. The molecule has 1 amide bonds. The zero-order chi connectivity index (χ0) is 30.3. The largest absolute Gasteiger partial charge is 0.416 e. The van der Waals surface area contributed by atoms with Crippen LogP contribution in [0.4, 0.5) is 45.2 Å². The number of nitrogens with zero attached hydrogens (tertiary/aromatic N) is 1. The number of alkyl halides is 9. The van der Waals surface area contributed by atoms with E-state index in [1.54, 1.807) is 20.8 Å². The first kappa shape index (κ1) is 31.5. The van der Waals surface area contributed by atoms with E-state index in [0.717, 1.165) is 12.1 Å². The molecule has 2 aromatic carbocycles. The Morgan fingerprint density at radius 1 is 0.850 bits per heavy atom. The SMILES string of the molecule is CC(C)(C)[C@H](NC(=S)Nc1cc(C(F)(F)F)cc(C(F)(F)F)c1)C(=O)N1CCC[C@@H]1c1ccc(C(F)(F)F)cc1. The number of amides is 1. The summed E-state index contributed by atoms with van der Waals surface area (Å²) in [6.07, 6.45) is -13.6. The molecule has 0 radical (unpaired) electrons. The van der Waals surface area contributed by atoms with Gasteiger partial charge in [0.15, 0.2) is 5.11 Å². The molecule has 2 N–H and O–H groups in total. The van der Waals surface area contributed by atoms with Crippen molar-refractivity contribution in [1.82, 2.24) is 10.2 Å². The van der Waals surface area contributed by atoms with Gasteiger partial charge >= 0.3 is 18.5 Å². The van der Waals surface area contributed by atoms with Crippen molar-refractivity contribution in [2.75, 3.05) is 11.9 Å². The second-order valence-corrected chi connectivity index (χ2v) is 10.9. The molecular weight excluding hydrogens is 573 g/mol. The molecule has 0 aliphatic carbocycles. The summed E-state index contributed by atoms with van der Waals surface area (Å²) < 4.78 is 118. The predicted octanol–water partition coefficient (Wildman–Crippen LogP) is 7.81. The van der Waals surface area contributed by atoms with E-state index in [9.17, 15) is 44.3 Å². The van der Waals surface area contributed by atoms with E-state index in [-0.39, 0.29) is 11.2 Å². The zero-order valence-corrected chi connectivity index (χ0v) is 22.3. The Morgan fingerprint density at radius 2 is 1.35 bits per heavy atom. The standard InChI is InChI=1S/C26H26F9N3OS/c1-23(2,3)20(21(39)38-10-4-5-19(38)14-6-8-15(9-7-14)24(27,28)29)37-22(40)36-18-12-16(25(30,31)32)11-17(13-18)26(33,34)35/h6-9,11-13,19-20H,4-5,10H2,1-3H3,(H2,36,37,40)/t19-,20-/m1/s1. The van der Waals surface area contributed by atoms with Crippen molar-refractivity contribution in [3.63, 3.8) is 0 Å². The van der Waals surface area contributed by atoms with E-state index < -0.39 is 64.3 Å². The van der Waals surface area contributed by atoms with Gasteiger partial charge in [-0.1, -0.05) is 32.9 Å². The summed E-state index contributed by atoms with van der Waals surface area (Å²) in [7, 11) is 0. The Hall–Kier alpha value is -3.03. The van der Waals surface area contributed by atoms with Crippen LogP contribution in [-0.2, 0) is 23.3 Å². The van der Waals surface area contributed by atoms with Gasteiger partial charge in [0.25, 0.3) is 0 Å². The predicted molar refractivity (Wildman–Crippen MR) is 134 cm³/mol. The molecule has 1 fully saturated rings. The lowest BCUT2D eigenvalue weighted by Gasteiger charge is -2.36. The van der Waals surface area contributed by atoms with E-state index in [1.165, 1.54) is 17.0 Å². The quantitative estimate of drug-likeness (QED) is 0.278. The summed E-state index contributed by atoms with van der Waals surface area (Å²) in [4.78, 5) is 15.1. The van der Waals surface area contributed by atoms with Crippen molar-refractivity contribution in [2.24, 2.45) is 5.41 Å². The lowest BCUT2D eigenvalue weighted by Crippen LogP contribution is -2.55. The lowest BCUT2D eigenvalue weighted by molar-refractivity contribution is -0.143. The second-order valence-electron chi connectivity index (χ2n) is 10.5. The Labute approximate surface area is 229 Å². The Balaban J connectivity index is 1.84. The smallest absolute Gasteiger partial charge is 0.350 e. The summed E-state index contributed by atoms with van der Waals surface area (Å²) >= 11 is 5.16. The highest BCUT2D eigenvalue weighted by Gasteiger charge is 2.41. The molecule has 0 aromatic heterocycles. The maximum atomic E-state index is 13.7. The highest BCUT2D eigenvalue weighted by Crippen LogP contribution is 2.39. The lowest BCUT2D eigenvalue weighted by atomic mass is 9.85. The molecule has 14 heteroatoms. The molecule has 1 aliphatic heterocycles. The van der Waals surface area contributed by atoms with Crippen molar-refractivity contribution in [3.05, 3.63) is 64.7 Å². The van der Waals surface area contributed by atoms with E-state index in [2.05, 4.69) is 10.6 Å². The number of hydrogen-bond donors (Lipinski definition) is 2. The highest BCUT2D eigenvalue weighted by molar-refractivity contribution is 7.80. The van der Waals surface area contributed by atoms with Crippen LogP contribution >= 0.6 is 12.2 Å². The van der Waals surface area contributed by atoms with E-state index in [4.69, 9.17) is 12.2 Å². The third-order valence-corrected chi connectivity index (χ3v) is 6.61. The third-order valence-electron chi connectivity index (χ3n) is 6.39. The monoisotopic (exact) mass is 599 g/mol. The molecule has 2 atom stereocenters. The minimum Gasteiger partial charge on any atom is -0.350 e. The van der Waals surface area contributed by atoms with Crippen LogP contribution in [0.2, 0.25) is 0 Å². The van der Waals surface area contributed by atoms with Crippen molar-refractivity contribution < 1.29 is 44.3 Å². The first-order valence-electron chi connectivity index (χ1n) is 12.0.